The van der Waals surface area contributed by atoms with Gasteiger partial charge in [-0.05, 0) is 63.4 Å². The van der Waals surface area contributed by atoms with Gasteiger partial charge in [-0.2, -0.15) is 0 Å². The van der Waals surface area contributed by atoms with Crippen molar-refractivity contribution >= 4 is 49.8 Å². The number of amidine groups is 1. The van der Waals surface area contributed by atoms with Gasteiger partial charge in [0.25, 0.3) is 0 Å². The van der Waals surface area contributed by atoms with Gasteiger partial charge in [0.15, 0.2) is 5.84 Å². The molecule has 0 bridgehead atoms. The predicted molar refractivity (Wildman–Crippen MR) is 219 cm³/mol. The molecular weight excluding hydrogens is 631 g/mol. The SMILES string of the molecule is CC1(C)c2ccccc2-c2c1c1c(c3ccccc23)c2ccccc2n1-c1cccc(C2=N/C(c3ccccc3)=C/C=C/C(c3ccccc3)=N2)c1. The van der Waals surface area contributed by atoms with E-state index in [9.17, 15) is 0 Å². The van der Waals surface area contributed by atoms with Gasteiger partial charge in [0.05, 0.1) is 22.4 Å². The molecule has 1 aromatic heterocycles. The topological polar surface area (TPSA) is 29.6 Å². The lowest BCUT2D eigenvalue weighted by Gasteiger charge is -2.24. The van der Waals surface area contributed by atoms with E-state index in [2.05, 4.69) is 176 Å². The van der Waals surface area contributed by atoms with E-state index in [0.29, 0.717) is 5.84 Å². The highest BCUT2D eigenvalue weighted by Crippen LogP contribution is 2.56. The highest BCUT2D eigenvalue weighted by atomic mass is 15.0. The van der Waals surface area contributed by atoms with Crippen LogP contribution in [0.1, 0.15) is 41.7 Å². The van der Waals surface area contributed by atoms with Gasteiger partial charge in [0.2, 0.25) is 0 Å². The minimum atomic E-state index is -0.210. The van der Waals surface area contributed by atoms with Gasteiger partial charge in [0, 0.05) is 38.6 Å². The lowest BCUT2D eigenvalue weighted by Crippen LogP contribution is -2.16. The molecule has 0 N–H and O–H groups in total. The van der Waals surface area contributed by atoms with E-state index in [4.69, 9.17) is 9.98 Å². The van der Waals surface area contributed by atoms with Crippen molar-refractivity contribution < 1.29 is 0 Å². The summed E-state index contributed by atoms with van der Waals surface area (Å²) in [6.07, 6.45) is 6.21. The Hall–Kier alpha value is -6.58. The quantitative estimate of drug-likeness (QED) is 0.179. The zero-order chi connectivity index (χ0) is 34.8. The Morgan fingerprint density at radius 1 is 0.558 bits per heavy atom. The molecule has 52 heavy (non-hydrogen) atoms. The third-order valence-corrected chi connectivity index (χ3v) is 10.8. The highest BCUT2D eigenvalue weighted by molar-refractivity contribution is 6.27. The van der Waals surface area contributed by atoms with Gasteiger partial charge in [-0.1, -0.05) is 159 Å². The number of aliphatic imine (C=N–C) groups is 2. The summed E-state index contributed by atoms with van der Waals surface area (Å²) in [6.45, 7) is 4.77. The lowest BCUT2D eigenvalue weighted by molar-refractivity contribution is 0.664. The van der Waals surface area contributed by atoms with E-state index in [1.54, 1.807) is 0 Å². The first kappa shape index (κ1) is 30.3. The molecular formula is C49H35N3. The van der Waals surface area contributed by atoms with Crippen molar-refractivity contribution in [2.24, 2.45) is 9.98 Å². The second kappa shape index (κ2) is 11.8. The molecule has 7 aromatic carbocycles. The molecule has 10 rings (SSSR count). The first-order valence-corrected chi connectivity index (χ1v) is 17.9. The van der Waals surface area contributed by atoms with Crippen molar-refractivity contribution in [3.05, 3.63) is 204 Å². The monoisotopic (exact) mass is 665 g/mol. The van der Waals surface area contributed by atoms with Crippen molar-refractivity contribution in [2.45, 2.75) is 19.3 Å². The molecule has 0 saturated heterocycles. The molecule has 1 aliphatic carbocycles. The summed E-state index contributed by atoms with van der Waals surface area (Å²) in [4.78, 5) is 10.6. The van der Waals surface area contributed by atoms with E-state index >= 15 is 0 Å². The highest BCUT2D eigenvalue weighted by Gasteiger charge is 2.40. The molecule has 0 unspecified atom stereocenters. The number of aromatic nitrogens is 1. The van der Waals surface area contributed by atoms with Gasteiger partial charge in [-0.3, -0.25) is 0 Å². The summed E-state index contributed by atoms with van der Waals surface area (Å²) in [5.41, 5.74) is 13.5. The number of nitrogens with zero attached hydrogens (tertiary/aromatic N) is 3. The molecule has 3 heteroatoms. The van der Waals surface area contributed by atoms with Crippen LogP contribution in [-0.2, 0) is 5.41 Å². The second-order valence-electron chi connectivity index (χ2n) is 14.2. The Morgan fingerprint density at radius 3 is 2.02 bits per heavy atom. The Balaban J connectivity index is 1.27. The molecule has 246 valence electrons. The minimum Gasteiger partial charge on any atom is -0.309 e. The average Bonchev–Trinajstić information content (AvgIpc) is 3.65. The second-order valence-corrected chi connectivity index (χ2v) is 14.2. The molecule has 3 nitrogen and oxygen atoms in total. The number of hydrogen-bond acceptors (Lipinski definition) is 2. The van der Waals surface area contributed by atoms with Crippen LogP contribution < -0.4 is 0 Å². The Labute approximate surface area is 303 Å². The van der Waals surface area contributed by atoms with Crippen LogP contribution in [0.15, 0.2) is 186 Å². The van der Waals surface area contributed by atoms with Crippen LogP contribution in [-0.4, -0.2) is 16.1 Å². The molecule has 0 fully saturated rings. The summed E-state index contributed by atoms with van der Waals surface area (Å²) in [6, 6.07) is 56.2. The number of fused-ring (bicyclic) bond motifs is 10. The van der Waals surface area contributed by atoms with E-state index in [1.807, 2.05) is 18.2 Å². The molecule has 2 aliphatic rings. The summed E-state index contributed by atoms with van der Waals surface area (Å²) in [5.74, 6) is 0.671. The van der Waals surface area contributed by atoms with E-state index in [0.717, 1.165) is 33.8 Å². The van der Waals surface area contributed by atoms with Crippen LogP contribution >= 0.6 is 0 Å². The maximum absolute atomic E-state index is 5.28. The molecule has 0 spiro atoms. The molecule has 1 aliphatic heterocycles. The zero-order valence-electron chi connectivity index (χ0n) is 29.1. The first-order chi connectivity index (χ1) is 25.6. The smallest absolute Gasteiger partial charge is 0.160 e. The Morgan fingerprint density at radius 2 is 1.21 bits per heavy atom. The molecule has 0 amide bonds. The van der Waals surface area contributed by atoms with Crippen LogP contribution in [0.5, 0.6) is 0 Å². The first-order valence-electron chi connectivity index (χ1n) is 17.9. The third-order valence-electron chi connectivity index (χ3n) is 10.8. The molecule has 0 radical (unpaired) electrons. The number of hydrogen-bond donors (Lipinski definition) is 0. The number of benzene rings is 7. The van der Waals surface area contributed by atoms with Crippen LogP contribution in [0, 0.1) is 0 Å². The van der Waals surface area contributed by atoms with E-state index < -0.39 is 0 Å². The number of rotatable bonds is 4. The van der Waals surface area contributed by atoms with Crippen LogP contribution in [0.4, 0.5) is 0 Å². The molecule has 8 aromatic rings. The fraction of sp³-hybridized carbons (Fsp3) is 0.0612. The normalized spacial score (nSPS) is 16.4. The minimum absolute atomic E-state index is 0.210. The number of allylic oxidation sites excluding steroid dienone is 3. The number of para-hydroxylation sites is 1. The average molecular weight is 666 g/mol. The van der Waals surface area contributed by atoms with E-state index in [-0.39, 0.29) is 5.41 Å². The van der Waals surface area contributed by atoms with Crippen molar-refractivity contribution in [1.82, 2.24) is 4.57 Å². The van der Waals surface area contributed by atoms with Gasteiger partial charge in [0.1, 0.15) is 0 Å². The molecule has 2 heterocycles. The largest absolute Gasteiger partial charge is 0.309 e. The van der Waals surface area contributed by atoms with Crippen LogP contribution in [0.25, 0.3) is 55.1 Å². The maximum Gasteiger partial charge on any atom is 0.160 e. The standard InChI is InChI=1S/C49H35N3/c1-49(2)40-27-13-11-25-38(40)44-36-23-9-10-24-37(36)45-39-26-12-14-30-43(39)52(47(45)46(44)49)35-22-15-21-34(31-35)48-50-41(32-17-5-3-6-18-32)28-16-29-42(51-48)33-19-7-4-8-20-33/h3-31H,1-2H3/b28-16+,29-16?,41-28?,42-29+,50-41?,50-48?,51-42?,51-48?. The van der Waals surface area contributed by atoms with Crippen molar-refractivity contribution in [2.75, 3.05) is 0 Å². The summed E-state index contributed by atoms with van der Waals surface area (Å²) < 4.78 is 2.49. The Bertz CT molecular complexity index is 2810. The van der Waals surface area contributed by atoms with Crippen LogP contribution in [0.2, 0.25) is 0 Å². The fourth-order valence-electron chi connectivity index (χ4n) is 8.47. The van der Waals surface area contributed by atoms with E-state index in [1.165, 1.54) is 54.8 Å². The summed E-state index contributed by atoms with van der Waals surface area (Å²) >= 11 is 0. The molecule has 0 saturated carbocycles. The fourth-order valence-corrected chi connectivity index (χ4v) is 8.47. The van der Waals surface area contributed by atoms with Crippen molar-refractivity contribution in [3.8, 4) is 16.8 Å². The lowest BCUT2D eigenvalue weighted by atomic mass is 9.80. The van der Waals surface area contributed by atoms with Crippen LogP contribution in [0.3, 0.4) is 0 Å². The van der Waals surface area contributed by atoms with Gasteiger partial charge < -0.3 is 4.57 Å². The predicted octanol–water partition coefficient (Wildman–Crippen LogP) is 12.1. The van der Waals surface area contributed by atoms with Gasteiger partial charge in [-0.15, -0.1) is 0 Å². The third kappa shape index (κ3) is 4.59. The van der Waals surface area contributed by atoms with Crippen molar-refractivity contribution in [3.63, 3.8) is 0 Å². The summed E-state index contributed by atoms with van der Waals surface area (Å²) in [7, 11) is 0. The Kier molecular flexibility index (Phi) is 6.84. The van der Waals surface area contributed by atoms with Crippen molar-refractivity contribution in [1.29, 1.82) is 0 Å². The zero-order valence-corrected chi connectivity index (χ0v) is 29.1. The van der Waals surface area contributed by atoms with Gasteiger partial charge >= 0.3 is 0 Å². The maximum atomic E-state index is 5.28. The molecule has 0 atom stereocenters. The van der Waals surface area contributed by atoms with Gasteiger partial charge in [-0.25, -0.2) is 9.98 Å². The summed E-state index contributed by atoms with van der Waals surface area (Å²) in [5, 5.41) is 5.13.